The lowest BCUT2D eigenvalue weighted by Gasteiger charge is -2.00. The first kappa shape index (κ1) is 10.8. The molecule has 0 atom stereocenters. The third kappa shape index (κ3) is 1.33. The van der Waals surface area contributed by atoms with Crippen LogP contribution in [0.3, 0.4) is 0 Å². The summed E-state index contributed by atoms with van der Waals surface area (Å²) in [6.45, 7) is 0.590. The highest BCUT2D eigenvalue weighted by molar-refractivity contribution is 6.00. The van der Waals surface area contributed by atoms with Gasteiger partial charge in [0.25, 0.3) is 11.5 Å². The highest BCUT2D eigenvalue weighted by atomic mass is 16.2. The molecule has 0 aromatic carbocycles. The molecule has 94 valence electrons. The molecule has 18 heavy (non-hydrogen) atoms. The summed E-state index contributed by atoms with van der Waals surface area (Å²) in [6, 6.07) is 0. The van der Waals surface area contributed by atoms with Crippen molar-refractivity contribution in [2.45, 2.75) is 12.8 Å². The molecule has 0 unspecified atom stereocenters. The van der Waals surface area contributed by atoms with Gasteiger partial charge in [-0.15, -0.1) is 0 Å². The predicted molar refractivity (Wildman–Crippen MR) is 64.8 cm³/mol. The number of fused-ring (bicyclic) bond motifs is 3. The van der Waals surface area contributed by atoms with Crippen LogP contribution in [0.5, 0.6) is 0 Å². The van der Waals surface area contributed by atoms with E-state index in [1.807, 2.05) is 0 Å². The minimum Gasteiger partial charge on any atom is -0.351 e. The first-order valence-electron chi connectivity index (χ1n) is 5.71. The normalized spacial score (nSPS) is 15.3. The van der Waals surface area contributed by atoms with Gasteiger partial charge in [0.2, 0.25) is 0 Å². The van der Waals surface area contributed by atoms with Crippen LogP contribution in [0.4, 0.5) is 0 Å². The van der Waals surface area contributed by atoms with Crippen molar-refractivity contribution >= 4 is 16.9 Å². The summed E-state index contributed by atoms with van der Waals surface area (Å²) < 4.78 is 1.30. The van der Waals surface area contributed by atoms with Crippen LogP contribution in [0.1, 0.15) is 22.5 Å². The summed E-state index contributed by atoms with van der Waals surface area (Å²) in [5, 5.41) is 3.15. The second-order valence-electron chi connectivity index (χ2n) is 4.38. The average molecular weight is 248 g/mol. The molecule has 2 aromatic rings. The Kier molecular flexibility index (Phi) is 2.16. The lowest BCUT2D eigenvalue weighted by atomic mass is 10.1. The van der Waals surface area contributed by atoms with Crippen LogP contribution in [-0.4, -0.2) is 27.0 Å². The van der Waals surface area contributed by atoms with Crippen molar-refractivity contribution < 1.29 is 4.79 Å². The van der Waals surface area contributed by atoms with Gasteiger partial charge in [-0.25, -0.2) is 4.79 Å². The van der Waals surface area contributed by atoms with E-state index in [2.05, 4.69) is 15.3 Å². The monoisotopic (exact) mass is 248 g/mol. The molecule has 0 saturated heterocycles. The van der Waals surface area contributed by atoms with E-state index < -0.39 is 11.2 Å². The van der Waals surface area contributed by atoms with Crippen molar-refractivity contribution in [3.63, 3.8) is 0 Å². The molecule has 3 N–H and O–H groups in total. The van der Waals surface area contributed by atoms with Crippen molar-refractivity contribution in [3.8, 4) is 0 Å². The van der Waals surface area contributed by atoms with Crippen LogP contribution in [-0.2, 0) is 13.5 Å². The summed E-state index contributed by atoms with van der Waals surface area (Å²) in [5.74, 6) is -0.231. The summed E-state index contributed by atoms with van der Waals surface area (Å²) in [7, 11) is 1.55. The largest absolute Gasteiger partial charge is 0.351 e. The van der Waals surface area contributed by atoms with Gasteiger partial charge in [0.15, 0.2) is 0 Å². The number of rotatable bonds is 0. The Balaban J connectivity index is 2.48. The average Bonchev–Trinajstić information content (AvgIpc) is 2.63. The molecule has 1 aliphatic rings. The molecule has 7 nitrogen and oxygen atoms in total. The zero-order valence-corrected chi connectivity index (χ0v) is 9.79. The molecule has 3 heterocycles. The molecule has 7 heteroatoms. The van der Waals surface area contributed by atoms with Crippen molar-refractivity contribution in [2.24, 2.45) is 7.05 Å². The highest BCUT2D eigenvalue weighted by Crippen LogP contribution is 2.21. The van der Waals surface area contributed by atoms with Crippen LogP contribution < -0.4 is 16.6 Å². The summed E-state index contributed by atoms with van der Waals surface area (Å²) in [4.78, 5) is 40.4. The van der Waals surface area contributed by atoms with Crippen molar-refractivity contribution in [1.82, 2.24) is 19.9 Å². The number of hydrogen-bond acceptors (Lipinski definition) is 3. The molecular weight excluding hydrogens is 236 g/mol. The third-order valence-electron chi connectivity index (χ3n) is 3.29. The van der Waals surface area contributed by atoms with Crippen LogP contribution in [0.25, 0.3) is 11.0 Å². The van der Waals surface area contributed by atoms with E-state index in [1.165, 1.54) is 4.57 Å². The van der Waals surface area contributed by atoms with E-state index in [0.717, 1.165) is 6.42 Å². The van der Waals surface area contributed by atoms with E-state index in [-0.39, 0.29) is 5.91 Å². The minimum absolute atomic E-state index is 0.231. The predicted octanol–water partition coefficient (Wildman–Crippen LogP) is -0.769. The first-order chi connectivity index (χ1) is 8.59. The Hall–Kier alpha value is -2.31. The SMILES string of the molecule is Cn1c(=O)[nH]c(=O)c2c3c([nH]c21)C(=O)NCCC3. The van der Waals surface area contributed by atoms with Crippen molar-refractivity contribution in [3.05, 3.63) is 32.1 Å². The van der Waals surface area contributed by atoms with Gasteiger partial charge < -0.3 is 10.3 Å². The molecule has 1 aliphatic heterocycles. The molecule has 0 aliphatic carbocycles. The van der Waals surface area contributed by atoms with Crippen LogP contribution >= 0.6 is 0 Å². The Bertz CT molecular complexity index is 765. The minimum atomic E-state index is -0.496. The van der Waals surface area contributed by atoms with Gasteiger partial charge in [-0.2, -0.15) is 0 Å². The van der Waals surface area contributed by atoms with E-state index in [0.29, 0.717) is 35.3 Å². The molecule has 2 aromatic heterocycles. The number of aryl methyl sites for hydroxylation is 2. The van der Waals surface area contributed by atoms with Gasteiger partial charge in [-0.1, -0.05) is 0 Å². The Morgan fingerprint density at radius 3 is 2.72 bits per heavy atom. The van der Waals surface area contributed by atoms with E-state index in [1.54, 1.807) is 7.05 Å². The number of nitrogens with one attached hydrogen (secondary N) is 3. The Labute approximate surface area is 101 Å². The molecule has 0 spiro atoms. The first-order valence-corrected chi connectivity index (χ1v) is 5.71. The van der Waals surface area contributed by atoms with Gasteiger partial charge in [0, 0.05) is 13.6 Å². The molecule has 0 bridgehead atoms. The quantitative estimate of drug-likeness (QED) is 0.570. The smallest absolute Gasteiger partial charge is 0.329 e. The maximum atomic E-state index is 11.9. The van der Waals surface area contributed by atoms with Gasteiger partial charge in [0.1, 0.15) is 11.3 Å². The van der Waals surface area contributed by atoms with Crippen LogP contribution in [0.15, 0.2) is 9.59 Å². The lowest BCUT2D eigenvalue weighted by Crippen LogP contribution is -2.28. The van der Waals surface area contributed by atoms with Crippen molar-refractivity contribution in [1.29, 1.82) is 0 Å². The van der Waals surface area contributed by atoms with Gasteiger partial charge in [-0.3, -0.25) is 19.1 Å². The maximum absolute atomic E-state index is 11.9. The fourth-order valence-electron chi connectivity index (χ4n) is 2.36. The van der Waals surface area contributed by atoms with E-state index in [4.69, 9.17) is 0 Å². The van der Waals surface area contributed by atoms with Gasteiger partial charge in [-0.05, 0) is 18.4 Å². The lowest BCUT2D eigenvalue weighted by molar-refractivity contribution is 0.0952. The highest BCUT2D eigenvalue weighted by Gasteiger charge is 2.23. The molecule has 1 amide bonds. The van der Waals surface area contributed by atoms with E-state index >= 15 is 0 Å². The number of nitrogens with zero attached hydrogens (tertiary/aromatic N) is 1. The number of carbonyl (C=O) groups is 1. The fourth-order valence-corrected chi connectivity index (χ4v) is 2.36. The number of carbonyl (C=O) groups excluding carboxylic acids is 1. The summed E-state index contributed by atoms with van der Waals surface area (Å²) >= 11 is 0. The molecule has 0 fully saturated rings. The van der Waals surface area contributed by atoms with Crippen molar-refractivity contribution in [2.75, 3.05) is 6.54 Å². The Morgan fingerprint density at radius 1 is 1.17 bits per heavy atom. The van der Waals surface area contributed by atoms with Gasteiger partial charge in [0.05, 0.1) is 5.39 Å². The molecule has 3 rings (SSSR count). The standard InChI is InChI=1S/C11H12N4O3/c1-15-8-6(9(16)14-11(15)18)5-3-2-4-12-10(17)7(5)13-8/h13H,2-4H2,1H3,(H,12,17)(H,14,16,18). The molecular formula is C11H12N4O3. The second kappa shape index (κ2) is 3.59. The Morgan fingerprint density at radius 2 is 1.94 bits per heavy atom. The molecule has 0 radical (unpaired) electrons. The maximum Gasteiger partial charge on any atom is 0.329 e. The number of hydrogen-bond donors (Lipinski definition) is 3. The van der Waals surface area contributed by atoms with Crippen LogP contribution in [0.2, 0.25) is 0 Å². The molecule has 0 saturated carbocycles. The summed E-state index contributed by atoms with van der Waals surface area (Å²) in [5.41, 5.74) is 0.529. The number of H-pyrrole nitrogens is 2. The number of aromatic nitrogens is 3. The summed E-state index contributed by atoms with van der Waals surface area (Å²) in [6.07, 6.45) is 1.41. The zero-order valence-electron chi connectivity index (χ0n) is 9.79. The van der Waals surface area contributed by atoms with Crippen LogP contribution in [0, 0.1) is 0 Å². The number of aromatic amines is 2. The van der Waals surface area contributed by atoms with Gasteiger partial charge >= 0.3 is 5.69 Å². The fraction of sp³-hybridized carbons (Fsp3) is 0.364. The topological polar surface area (TPSA) is 99.8 Å². The number of amides is 1. The second-order valence-corrected chi connectivity index (χ2v) is 4.38. The zero-order chi connectivity index (χ0) is 12.9. The third-order valence-corrected chi connectivity index (χ3v) is 3.29. The van der Waals surface area contributed by atoms with E-state index in [9.17, 15) is 14.4 Å².